The standard InChI is InChI=1S/C20H18N2O2S/c1-2-24-16-10-8-15(9-11-16)22-19(23)13-25-20(22)18-12-7-14-5-3-4-6-17(14)21-18/h3-12,20H,2,13H2,1H3. The van der Waals surface area contributed by atoms with E-state index in [0.29, 0.717) is 12.4 Å². The van der Waals surface area contributed by atoms with E-state index in [1.54, 1.807) is 11.8 Å². The number of carbonyl (C=O) groups excluding carboxylic acids is 1. The van der Waals surface area contributed by atoms with Gasteiger partial charge in [0.15, 0.2) is 0 Å². The van der Waals surface area contributed by atoms with Crippen LogP contribution in [0.5, 0.6) is 5.75 Å². The van der Waals surface area contributed by atoms with Crippen molar-refractivity contribution in [1.82, 2.24) is 4.98 Å². The number of para-hydroxylation sites is 1. The van der Waals surface area contributed by atoms with Crippen LogP contribution < -0.4 is 9.64 Å². The molecule has 25 heavy (non-hydrogen) atoms. The molecule has 1 amide bonds. The highest BCUT2D eigenvalue weighted by Gasteiger charge is 2.35. The van der Waals surface area contributed by atoms with Crippen LogP contribution in [-0.2, 0) is 4.79 Å². The zero-order valence-corrected chi connectivity index (χ0v) is 14.7. The molecule has 2 aromatic carbocycles. The average Bonchev–Trinajstić information content (AvgIpc) is 3.04. The van der Waals surface area contributed by atoms with E-state index in [1.165, 1.54) is 0 Å². The minimum Gasteiger partial charge on any atom is -0.494 e. The smallest absolute Gasteiger partial charge is 0.238 e. The lowest BCUT2D eigenvalue weighted by Crippen LogP contribution is -2.28. The Morgan fingerprint density at radius 1 is 1.12 bits per heavy atom. The summed E-state index contributed by atoms with van der Waals surface area (Å²) in [5, 5.41) is 1.00. The molecule has 1 fully saturated rings. The van der Waals surface area contributed by atoms with Gasteiger partial charge in [-0.3, -0.25) is 9.69 Å². The van der Waals surface area contributed by atoms with Crippen molar-refractivity contribution in [2.45, 2.75) is 12.3 Å². The van der Waals surface area contributed by atoms with Crippen LogP contribution in [0.4, 0.5) is 5.69 Å². The first-order chi connectivity index (χ1) is 12.3. The summed E-state index contributed by atoms with van der Waals surface area (Å²) in [6.07, 6.45) is 0. The molecule has 1 aliphatic heterocycles. The molecule has 1 unspecified atom stereocenters. The molecule has 1 saturated heterocycles. The van der Waals surface area contributed by atoms with Gasteiger partial charge >= 0.3 is 0 Å². The lowest BCUT2D eigenvalue weighted by atomic mass is 10.2. The van der Waals surface area contributed by atoms with E-state index in [4.69, 9.17) is 9.72 Å². The Hall–Kier alpha value is -2.53. The van der Waals surface area contributed by atoms with Gasteiger partial charge in [-0.1, -0.05) is 24.3 Å². The maximum Gasteiger partial charge on any atom is 0.238 e. The molecule has 0 radical (unpaired) electrons. The zero-order chi connectivity index (χ0) is 17.2. The summed E-state index contributed by atoms with van der Waals surface area (Å²) in [5.74, 6) is 1.38. The molecule has 3 aromatic rings. The van der Waals surface area contributed by atoms with E-state index < -0.39 is 0 Å². The number of fused-ring (bicyclic) bond motifs is 1. The minimum absolute atomic E-state index is 0.102. The van der Waals surface area contributed by atoms with Gasteiger partial charge in [-0.2, -0.15) is 0 Å². The van der Waals surface area contributed by atoms with Crippen LogP contribution in [0, 0.1) is 0 Å². The third-order valence-electron chi connectivity index (χ3n) is 4.17. The Labute approximate surface area is 150 Å². The van der Waals surface area contributed by atoms with Crippen LogP contribution in [0.2, 0.25) is 0 Å². The molecule has 126 valence electrons. The fourth-order valence-corrected chi connectivity index (χ4v) is 4.14. The van der Waals surface area contributed by atoms with Gasteiger partial charge in [0.1, 0.15) is 11.1 Å². The van der Waals surface area contributed by atoms with Crippen LogP contribution in [0.3, 0.4) is 0 Å². The van der Waals surface area contributed by atoms with Crippen molar-refractivity contribution in [2.24, 2.45) is 0 Å². The highest BCUT2D eigenvalue weighted by atomic mass is 32.2. The molecule has 0 spiro atoms. The molecule has 1 aromatic heterocycles. The van der Waals surface area contributed by atoms with Crippen molar-refractivity contribution >= 4 is 34.3 Å². The molecule has 0 aliphatic carbocycles. The van der Waals surface area contributed by atoms with E-state index in [9.17, 15) is 4.79 Å². The largest absolute Gasteiger partial charge is 0.494 e. The Balaban J connectivity index is 1.68. The maximum absolute atomic E-state index is 12.5. The lowest BCUT2D eigenvalue weighted by Gasteiger charge is -2.24. The fraction of sp³-hybridized carbons (Fsp3) is 0.200. The van der Waals surface area contributed by atoms with Crippen molar-refractivity contribution in [3.63, 3.8) is 0 Å². The first-order valence-corrected chi connectivity index (χ1v) is 9.33. The predicted octanol–water partition coefficient (Wildman–Crippen LogP) is 4.41. The molecular weight excluding hydrogens is 332 g/mol. The van der Waals surface area contributed by atoms with Crippen LogP contribution in [0.1, 0.15) is 18.0 Å². The van der Waals surface area contributed by atoms with Gasteiger partial charge in [-0.25, -0.2) is 4.98 Å². The summed E-state index contributed by atoms with van der Waals surface area (Å²) in [7, 11) is 0. The maximum atomic E-state index is 12.5. The van der Waals surface area contributed by atoms with Gasteiger partial charge in [-0.15, -0.1) is 11.8 Å². The monoisotopic (exact) mass is 350 g/mol. The number of rotatable bonds is 4. The van der Waals surface area contributed by atoms with Gasteiger partial charge < -0.3 is 4.74 Å². The minimum atomic E-state index is -0.102. The molecule has 2 heterocycles. The van der Waals surface area contributed by atoms with Crippen LogP contribution in [-0.4, -0.2) is 23.3 Å². The van der Waals surface area contributed by atoms with Crippen LogP contribution in [0.25, 0.3) is 10.9 Å². The van der Waals surface area contributed by atoms with E-state index in [1.807, 2.05) is 66.4 Å². The van der Waals surface area contributed by atoms with Crippen LogP contribution in [0.15, 0.2) is 60.7 Å². The van der Waals surface area contributed by atoms with Crippen molar-refractivity contribution in [3.8, 4) is 5.75 Å². The first-order valence-electron chi connectivity index (χ1n) is 8.28. The predicted molar refractivity (Wildman–Crippen MR) is 102 cm³/mol. The SMILES string of the molecule is CCOc1ccc(N2C(=O)CSC2c2ccc3ccccc3n2)cc1. The highest BCUT2D eigenvalue weighted by Crippen LogP contribution is 2.41. The van der Waals surface area contributed by atoms with Crippen LogP contribution >= 0.6 is 11.8 Å². The lowest BCUT2D eigenvalue weighted by molar-refractivity contribution is -0.115. The van der Waals surface area contributed by atoms with Gasteiger partial charge in [0, 0.05) is 11.1 Å². The number of anilines is 1. The number of hydrogen-bond acceptors (Lipinski definition) is 4. The molecule has 1 atom stereocenters. The Morgan fingerprint density at radius 3 is 2.72 bits per heavy atom. The van der Waals surface area contributed by atoms with Crippen molar-refractivity contribution in [1.29, 1.82) is 0 Å². The summed E-state index contributed by atoms with van der Waals surface area (Å²) in [4.78, 5) is 19.1. The summed E-state index contributed by atoms with van der Waals surface area (Å²) in [5.41, 5.74) is 2.73. The number of hydrogen-bond donors (Lipinski definition) is 0. The Bertz CT molecular complexity index is 911. The average molecular weight is 350 g/mol. The molecule has 0 saturated carbocycles. The summed E-state index contributed by atoms with van der Waals surface area (Å²) < 4.78 is 5.49. The number of benzene rings is 2. The second kappa shape index (κ2) is 6.76. The van der Waals surface area contributed by atoms with E-state index in [-0.39, 0.29) is 11.3 Å². The number of aromatic nitrogens is 1. The van der Waals surface area contributed by atoms with Gasteiger partial charge in [0.2, 0.25) is 5.91 Å². The van der Waals surface area contributed by atoms with Crippen molar-refractivity contribution < 1.29 is 9.53 Å². The zero-order valence-electron chi connectivity index (χ0n) is 13.9. The van der Waals surface area contributed by atoms with E-state index >= 15 is 0 Å². The fourth-order valence-electron chi connectivity index (χ4n) is 3.01. The quantitative estimate of drug-likeness (QED) is 0.699. The number of amides is 1. The number of nitrogens with zero attached hydrogens (tertiary/aromatic N) is 2. The molecule has 4 nitrogen and oxygen atoms in total. The number of ether oxygens (including phenoxy) is 1. The van der Waals surface area contributed by atoms with Crippen molar-refractivity contribution in [2.75, 3.05) is 17.3 Å². The molecular formula is C20H18N2O2S. The number of pyridine rings is 1. The number of thioether (sulfide) groups is 1. The van der Waals surface area contributed by atoms with Gasteiger partial charge in [-0.05, 0) is 43.3 Å². The second-order valence-corrected chi connectivity index (χ2v) is 6.85. The molecule has 5 heteroatoms. The van der Waals surface area contributed by atoms with Gasteiger partial charge in [0.25, 0.3) is 0 Å². The molecule has 0 N–H and O–H groups in total. The van der Waals surface area contributed by atoms with Crippen molar-refractivity contribution in [3.05, 3.63) is 66.4 Å². The number of carbonyl (C=O) groups is 1. The molecule has 4 rings (SSSR count). The molecule has 1 aliphatic rings. The van der Waals surface area contributed by atoms with E-state index in [0.717, 1.165) is 28.0 Å². The van der Waals surface area contributed by atoms with Gasteiger partial charge in [0.05, 0.1) is 23.6 Å². The summed E-state index contributed by atoms with van der Waals surface area (Å²) >= 11 is 1.61. The highest BCUT2D eigenvalue weighted by molar-refractivity contribution is 8.00. The van der Waals surface area contributed by atoms with E-state index in [2.05, 4.69) is 6.07 Å². The third kappa shape index (κ3) is 3.07. The Morgan fingerprint density at radius 2 is 1.92 bits per heavy atom. The normalized spacial score (nSPS) is 17.2. The summed E-state index contributed by atoms with van der Waals surface area (Å²) in [6.45, 7) is 2.58. The first kappa shape index (κ1) is 16.0. The third-order valence-corrected chi connectivity index (χ3v) is 5.35. The second-order valence-electron chi connectivity index (χ2n) is 5.78. The molecule has 0 bridgehead atoms. The summed E-state index contributed by atoms with van der Waals surface area (Å²) in [6, 6.07) is 19.8. The Kier molecular flexibility index (Phi) is 4.32. The topological polar surface area (TPSA) is 42.4 Å².